The smallest absolute Gasteiger partial charge is 0.236 e. The van der Waals surface area contributed by atoms with Crippen LogP contribution in [0.4, 0.5) is 0 Å². The summed E-state index contributed by atoms with van der Waals surface area (Å²) in [7, 11) is 0. The predicted molar refractivity (Wildman–Crippen MR) is 197 cm³/mol. The van der Waals surface area contributed by atoms with Crippen LogP contribution in [0.3, 0.4) is 0 Å². The molecule has 0 fully saturated rings. The Morgan fingerprint density at radius 1 is 0.468 bits per heavy atom. The largest absolute Gasteiger partial charge is 0.316 e. The fourth-order valence-corrected chi connectivity index (χ4v) is 7.99. The van der Waals surface area contributed by atoms with Crippen LogP contribution < -0.4 is 0 Å². The topological polar surface area (TPSA) is 35.6 Å². The second-order valence-electron chi connectivity index (χ2n) is 11.9. The van der Waals surface area contributed by atoms with Crippen molar-refractivity contribution < 1.29 is 0 Å². The van der Waals surface area contributed by atoms with Gasteiger partial charge in [-0.25, -0.2) is 9.97 Å². The maximum Gasteiger partial charge on any atom is 0.236 e. The minimum absolute atomic E-state index is 0.675. The lowest BCUT2D eigenvalue weighted by molar-refractivity contribution is 1.02. The van der Waals surface area contributed by atoms with Gasteiger partial charge in [0.2, 0.25) is 5.95 Å². The lowest BCUT2D eigenvalue weighted by Crippen LogP contribution is -2.03. The predicted octanol–water partition coefficient (Wildman–Crippen LogP) is 11.2. The normalized spacial score (nSPS) is 11.8. The molecule has 4 nitrogen and oxygen atoms in total. The van der Waals surface area contributed by atoms with Crippen molar-refractivity contribution in [3.05, 3.63) is 157 Å². The van der Waals surface area contributed by atoms with Crippen LogP contribution in [-0.4, -0.2) is 19.1 Å². The van der Waals surface area contributed by atoms with Gasteiger partial charge in [-0.3, -0.25) is 4.57 Å². The molecular formula is C42H26N4S. The van der Waals surface area contributed by atoms with Crippen LogP contribution in [0.25, 0.3) is 87.7 Å². The van der Waals surface area contributed by atoms with Gasteiger partial charge in [-0.2, -0.15) is 0 Å². The number of hydrogen-bond donors (Lipinski definition) is 0. The van der Waals surface area contributed by atoms with Gasteiger partial charge in [0.15, 0.2) is 0 Å². The molecule has 47 heavy (non-hydrogen) atoms. The SMILES string of the molecule is c1ccc(-n2ccc3c2ccc2c4ccccc4n(-c4nc(-c5ccccc5-c5cccc6ccccc56)c5ccsc5n4)c23)cc1. The van der Waals surface area contributed by atoms with Crippen LogP contribution in [0.15, 0.2) is 157 Å². The Balaban J connectivity index is 1.28. The summed E-state index contributed by atoms with van der Waals surface area (Å²) in [6.45, 7) is 0. The summed E-state index contributed by atoms with van der Waals surface area (Å²) in [4.78, 5) is 11.7. The Morgan fingerprint density at radius 2 is 1.21 bits per heavy atom. The highest BCUT2D eigenvalue weighted by Crippen LogP contribution is 2.41. The maximum atomic E-state index is 5.48. The monoisotopic (exact) mass is 618 g/mol. The molecule has 0 unspecified atom stereocenters. The van der Waals surface area contributed by atoms with E-state index in [1.165, 1.54) is 27.1 Å². The van der Waals surface area contributed by atoms with E-state index in [4.69, 9.17) is 9.97 Å². The van der Waals surface area contributed by atoms with Gasteiger partial charge >= 0.3 is 0 Å². The summed E-state index contributed by atoms with van der Waals surface area (Å²) < 4.78 is 4.53. The third kappa shape index (κ3) is 3.94. The Kier molecular flexibility index (Phi) is 5.71. The van der Waals surface area contributed by atoms with Crippen molar-refractivity contribution in [3.8, 4) is 34.0 Å². The molecule has 220 valence electrons. The van der Waals surface area contributed by atoms with E-state index in [0.29, 0.717) is 5.95 Å². The summed E-state index contributed by atoms with van der Waals surface area (Å²) >= 11 is 1.66. The number of para-hydroxylation sites is 2. The van der Waals surface area contributed by atoms with Crippen molar-refractivity contribution in [1.29, 1.82) is 0 Å². The van der Waals surface area contributed by atoms with E-state index in [0.717, 1.165) is 54.7 Å². The van der Waals surface area contributed by atoms with Gasteiger partial charge in [0.1, 0.15) is 4.83 Å². The number of benzene rings is 6. The van der Waals surface area contributed by atoms with Gasteiger partial charge in [-0.05, 0) is 63.7 Å². The zero-order valence-corrected chi connectivity index (χ0v) is 26.0. The lowest BCUT2D eigenvalue weighted by atomic mass is 9.92. The standard InChI is InChI=1S/C42H26N4S/c1-2-13-28(14-3-1)45-25-23-35-37(45)22-21-34-32-17-8-9-20-38(32)46(40(34)35)42-43-39(36-24-26-47-41(36)44-42)33-18-7-6-16-31(33)30-19-10-12-27-11-4-5-15-29(27)30/h1-26H. The molecule has 5 heteroatoms. The second-order valence-corrected chi connectivity index (χ2v) is 12.7. The maximum absolute atomic E-state index is 5.48. The first-order chi connectivity index (χ1) is 23.3. The molecule has 0 aliphatic carbocycles. The molecule has 0 spiro atoms. The number of thiophene rings is 1. The third-order valence-corrected chi connectivity index (χ3v) is 10.1. The van der Waals surface area contributed by atoms with Crippen molar-refractivity contribution >= 4 is 65.0 Å². The van der Waals surface area contributed by atoms with E-state index in [2.05, 4.69) is 166 Å². The van der Waals surface area contributed by atoms with E-state index in [1.54, 1.807) is 11.3 Å². The van der Waals surface area contributed by atoms with E-state index in [-0.39, 0.29) is 0 Å². The summed E-state index contributed by atoms with van der Waals surface area (Å²) in [5, 5.41) is 9.17. The van der Waals surface area contributed by atoms with Crippen molar-refractivity contribution in [3.63, 3.8) is 0 Å². The van der Waals surface area contributed by atoms with Crippen LogP contribution in [0, 0.1) is 0 Å². The fraction of sp³-hybridized carbons (Fsp3) is 0. The first-order valence-corrected chi connectivity index (χ1v) is 16.6. The molecule has 0 bridgehead atoms. The number of rotatable bonds is 4. The molecular weight excluding hydrogens is 593 g/mol. The Hall–Kier alpha value is -6.04. The van der Waals surface area contributed by atoms with Crippen LogP contribution >= 0.6 is 11.3 Å². The van der Waals surface area contributed by atoms with Crippen molar-refractivity contribution in [2.75, 3.05) is 0 Å². The molecule has 0 N–H and O–H groups in total. The molecule has 0 radical (unpaired) electrons. The van der Waals surface area contributed by atoms with Gasteiger partial charge < -0.3 is 4.57 Å². The summed E-state index contributed by atoms with van der Waals surface area (Å²) in [6.07, 6.45) is 2.16. The summed E-state index contributed by atoms with van der Waals surface area (Å²) in [6, 6.07) is 51.7. The molecule has 10 rings (SSSR count). The highest BCUT2D eigenvalue weighted by Gasteiger charge is 2.21. The van der Waals surface area contributed by atoms with E-state index in [1.807, 2.05) is 0 Å². The third-order valence-electron chi connectivity index (χ3n) is 9.31. The first kappa shape index (κ1) is 26.2. The van der Waals surface area contributed by atoms with E-state index in [9.17, 15) is 0 Å². The molecule has 0 atom stereocenters. The molecule has 0 aliphatic heterocycles. The Bertz CT molecular complexity index is 2800. The molecule has 0 saturated heterocycles. The molecule has 4 aromatic heterocycles. The van der Waals surface area contributed by atoms with Gasteiger partial charge in [0.05, 0.1) is 22.2 Å². The van der Waals surface area contributed by atoms with E-state index < -0.39 is 0 Å². The molecule has 0 aliphatic rings. The summed E-state index contributed by atoms with van der Waals surface area (Å²) in [5.74, 6) is 0.675. The lowest BCUT2D eigenvalue weighted by Gasteiger charge is -2.15. The van der Waals surface area contributed by atoms with Crippen LogP contribution in [0.5, 0.6) is 0 Å². The van der Waals surface area contributed by atoms with Crippen LogP contribution in [-0.2, 0) is 0 Å². The summed E-state index contributed by atoms with van der Waals surface area (Å²) in [5.41, 5.74) is 8.87. The van der Waals surface area contributed by atoms with Gasteiger partial charge in [0, 0.05) is 39.0 Å². The van der Waals surface area contributed by atoms with Crippen molar-refractivity contribution in [2.24, 2.45) is 0 Å². The average Bonchev–Trinajstić information content (AvgIpc) is 3.87. The quantitative estimate of drug-likeness (QED) is 0.197. The first-order valence-electron chi connectivity index (χ1n) is 15.8. The molecule has 6 aromatic carbocycles. The Morgan fingerprint density at radius 3 is 2.13 bits per heavy atom. The molecule has 10 aromatic rings. The molecule has 0 saturated carbocycles. The molecule has 4 heterocycles. The van der Waals surface area contributed by atoms with Gasteiger partial charge in [-0.1, -0.05) is 109 Å². The van der Waals surface area contributed by atoms with Crippen molar-refractivity contribution in [2.45, 2.75) is 0 Å². The highest BCUT2D eigenvalue weighted by atomic mass is 32.1. The fourth-order valence-electron chi connectivity index (χ4n) is 7.23. The van der Waals surface area contributed by atoms with Crippen molar-refractivity contribution in [1.82, 2.24) is 19.1 Å². The van der Waals surface area contributed by atoms with Gasteiger partial charge in [0.25, 0.3) is 0 Å². The minimum atomic E-state index is 0.675. The average molecular weight is 619 g/mol. The number of hydrogen-bond acceptors (Lipinski definition) is 3. The number of aromatic nitrogens is 4. The van der Waals surface area contributed by atoms with E-state index >= 15 is 0 Å². The number of nitrogens with zero attached hydrogens (tertiary/aromatic N) is 4. The minimum Gasteiger partial charge on any atom is -0.316 e. The zero-order valence-electron chi connectivity index (χ0n) is 25.2. The second kappa shape index (κ2) is 10.2. The zero-order chi connectivity index (χ0) is 30.9. The van der Waals surface area contributed by atoms with Crippen LogP contribution in [0.1, 0.15) is 0 Å². The Labute approximate surface area is 274 Å². The molecule has 0 amide bonds. The van der Waals surface area contributed by atoms with Crippen LogP contribution in [0.2, 0.25) is 0 Å². The number of fused-ring (bicyclic) bond motifs is 7. The highest BCUT2D eigenvalue weighted by molar-refractivity contribution is 7.16. The van der Waals surface area contributed by atoms with Gasteiger partial charge in [-0.15, -0.1) is 11.3 Å².